The van der Waals surface area contributed by atoms with E-state index in [2.05, 4.69) is 28.5 Å². The molecule has 0 radical (unpaired) electrons. The standard InChI is InChI=1S/C8H16N4/c1-11(2)5-6-12-4-3-10-8(12)7-9/h3-4H,5-7,9H2,1-2H3. The molecule has 12 heavy (non-hydrogen) atoms. The van der Waals surface area contributed by atoms with E-state index in [4.69, 9.17) is 5.73 Å². The van der Waals surface area contributed by atoms with Crippen LogP contribution in [0.2, 0.25) is 0 Å². The highest BCUT2D eigenvalue weighted by molar-refractivity contribution is 4.91. The molecule has 0 saturated heterocycles. The Hall–Kier alpha value is -0.870. The molecule has 4 heteroatoms. The number of nitrogens with zero attached hydrogens (tertiary/aromatic N) is 3. The molecule has 0 aliphatic carbocycles. The van der Waals surface area contributed by atoms with E-state index >= 15 is 0 Å². The summed E-state index contributed by atoms with van der Waals surface area (Å²) in [5, 5.41) is 0. The van der Waals surface area contributed by atoms with Gasteiger partial charge in [0.25, 0.3) is 0 Å². The third-order valence-electron chi connectivity index (χ3n) is 1.77. The number of hydrogen-bond donors (Lipinski definition) is 1. The maximum Gasteiger partial charge on any atom is 0.122 e. The number of nitrogens with two attached hydrogens (primary N) is 1. The molecule has 0 spiro atoms. The van der Waals surface area contributed by atoms with E-state index in [1.54, 1.807) is 6.20 Å². The molecule has 0 aliphatic heterocycles. The second-order valence-electron chi connectivity index (χ2n) is 3.04. The van der Waals surface area contributed by atoms with Crippen molar-refractivity contribution in [2.45, 2.75) is 13.1 Å². The fourth-order valence-corrected chi connectivity index (χ4v) is 1.04. The first-order valence-corrected chi connectivity index (χ1v) is 4.09. The third-order valence-corrected chi connectivity index (χ3v) is 1.77. The fraction of sp³-hybridized carbons (Fsp3) is 0.625. The van der Waals surface area contributed by atoms with Gasteiger partial charge in [-0.25, -0.2) is 4.98 Å². The Morgan fingerprint density at radius 3 is 2.92 bits per heavy atom. The van der Waals surface area contributed by atoms with Crippen molar-refractivity contribution < 1.29 is 0 Å². The first-order chi connectivity index (χ1) is 5.74. The number of likely N-dealkylation sites (N-methyl/N-ethyl adjacent to an activating group) is 1. The predicted molar refractivity (Wildman–Crippen MR) is 48.7 cm³/mol. The van der Waals surface area contributed by atoms with Crippen LogP contribution in [0.25, 0.3) is 0 Å². The third kappa shape index (κ3) is 2.32. The van der Waals surface area contributed by atoms with Crippen molar-refractivity contribution in [3.05, 3.63) is 18.2 Å². The van der Waals surface area contributed by atoms with Crippen LogP contribution >= 0.6 is 0 Å². The quantitative estimate of drug-likeness (QED) is 0.683. The van der Waals surface area contributed by atoms with Crippen molar-refractivity contribution in [3.63, 3.8) is 0 Å². The summed E-state index contributed by atoms with van der Waals surface area (Å²) in [6.45, 7) is 2.49. The number of hydrogen-bond acceptors (Lipinski definition) is 3. The molecular formula is C8H16N4. The fourth-order valence-electron chi connectivity index (χ4n) is 1.04. The average Bonchev–Trinajstić information content (AvgIpc) is 2.47. The molecule has 1 aromatic heterocycles. The lowest BCUT2D eigenvalue weighted by atomic mass is 10.5. The normalized spacial score (nSPS) is 11.0. The largest absolute Gasteiger partial charge is 0.333 e. The van der Waals surface area contributed by atoms with Gasteiger partial charge in [-0.1, -0.05) is 0 Å². The lowest BCUT2D eigenvalue weighted by Crippen LogP contribution is -2.20. The molecule has 0 aliphatic rings. The molecule has 2 N–H and O–H groups in total. The smallest absolute Gasteiger partial charge is 0.122 e. The SMILES string of the molecule is CN(C)CCn1ccnc1CN. The van der Waals surface area contributed by atoms with Gasteiger partial charge < -0.3 is 15.2 Å². The molecule has 0 unspecified atom stereocenters. The Morgan fingerprint density at radius 1 is 1.58 bits per heavy atom. The van der Waals surface area contributed by atoms with E-state index in [1.807, 2.05) is 6.20 Å². The van der Waals surface area contributed by atoms with Crippen LogP contribution < -0.4 is 5.73 Å². The summed E-state index contributed by atoms with van der Waals surface area (Å²) >= 11 is 0. The van der Waals surface area contributed by atoms with Crippen LogP contribution in [-0.4, -0.2) is 35.1 Å². The second kappa shape index (κ2) is 4.23. The van der Waals surface area contributed by atoms with Crippen molar-refractivity contribution in [3.8, 4) is 0 Å². The van der Waals surface area contributed by atoms with Gasteiger partial charge >= 0.3 is 0 Å². The van der Waals surface area contributed by atoms with E-state index in [9.17, 15) is 0 Å². The van der Waals surface area contributed by atoms with Crippen LogP contribution in [0.4, 0.5) is 0 Å². The van der Waals surface area contributed by atoms with E-state index in [0.29, 0.717) is 6.54 Å². The second-order valence-corrected chi connectivity index (χ2v) is 3.04. The highest BCUT2D eigenvalue weighted by Gasteiger charge is 1.99. The van der Waals surface area contributed by atoms with Crippen LogP contribution in [-0.2, 0) is 13.1 Å². The maximum atomic E-state index is 5.50. The molecule has 0 atom stereocenters. The van der Waals surface area contributed by atoms with Crippen molar-refractivity contribution >= 4 is 0 Å². The van der Waals surface area contributed by atoms with Crippen molar-refractivity contribution in [1.82, 2.24) is 14.5 Å². The zero-order valence-electron chi connectivity index (χ0n) is 7.70. The van der Waals surface area contributed by atoms with Gasteiger partial charge in [0, 0.05) is 25.5 Å². The molecule has 1 aromatic rings. The summed E-state index contributed by atoms with van der Waals surface area (Å²) in [7, 11) is 4.11. The highest BCUT2D eigenvalue weighted by Crippen LogP contribution is 1.95. The highest BCUT2D eigenvalue weighted by atomic mass is 15.1. The van der Waals surface area contributed by atoms with Gasteiger partial charge in [0.1, 0.15) is 5.82 Å². The number of rotatable bonds is 4. The average molecular weight is 168 g/mol. The predicted octanol–water partition coefficient (Wildman–Crippen LogP) is -0.0966. The minimum atomic E-state index is 0.514. The van der Waals surface area contributed by atoms with Gasteiger partial charge in [-0.3, -0.25) is 0 Å². The zero-order chi connectivity index (χ0) is 8.97. The van der Waals surface area contributed by atoms with E-state index < -0.39 is 0 Å². The van der Waals surface area contributed by atoms with Gasteiger partial charge in [0.05, 0.1) is 6.54 Å². The Kier molecular flexibility index (Phi) is 3.25. The van der Waals surface area contributed by atoms with Gasteiger partial charge in [0.2, 0.25) is 0 Å². The summed E-state index contributed by atoms with van der Waals surface area (Å²) < 4.78 is 2.08. The van der Waals surface area contributed by atoms with Gasteiger partial charge in [-0.15, -0.1) is 0 Å². The summed E-state index contributed by atoms with van der Waals surface area (Å²) in [5.41, 5.74) is 5.50. The molecule has 1 rings (SSSR count). The van der Waals surface area contributed by atoms with Crippen molar-refractivity contribution in [1.29, 1.82) is 0 Å². The lowest BCUT2D eigenvalue weighted by Gasteiger charge is -2.11. The molecule has 0 aromatic carbocycles. The van der Waals surface area contributed by atoms with Crippen LogP contribution in [0.5, 0.6) is 0 Å². The molecule has 4 nitrogen and oxygen atoms in total. The van der Waals surface area contributed by atoms with Gasteiger partial charge in [-0.2, -0.15) is 0 Å². The molecule has 0 amide bonds. The van der Waals surface area contributed by atoms with E-state index in [1.165, 1.54) is 0 Å². The Balaban J connectivity index is 2.50. The first-order valence-electron chi connectivity index (χ1n) is 4.09. The molecule has 68 valence electrons. The number of imidazole rings is 1. The van der Waals surface area contributed by atoms with E-state index in [0.717, 1.165) is 18.9 Å². The minimum Gasteiger partial charge on any atom is -0.333 e. The lowest BCUT2D eigenvalue weighted by molar-refractivity contribution is 0.380. The summed E-state index contributed by atoms with van der Waals surface area (Å²) in [6.07, 6.45) is 3.75. The molecule has 1 heterocycles. The molecular weight excluding hydrogens is 152 g/mol. The molecule has 0 bridgehead atoms. The zero-order valence-corrected chi connectivity index (χ0v) is 7.70. The summed E-state index contributed by atoms with van der Waals surface area (Å²) in [6, 6.07) is 0. The maximum absolute atomic E-state index is 5.50. The van der Waals surface area contributed by atoms with Crippen LogP contribution in [0.3, 0.4) is 0 Å². The van der Waals surface area contributed by atoms with Crippen LogP contribution in [0.1, 0.15) is 5.82 Å². The Labute approximate surface area is 73.0 Å². The number of aromatic nitrogens is 2. The van der Waals surface area contributed by atoms with Gasteiger partial charge in [-0.05, 0) is 14.1 Å². The Morgan fingerprint density at radius 2 is 2.33 bits per heavy atom. The van der Waals surface area contributed by atoms with Crippen molar-refractivity contribution in [2.75, 3.05) is 20.6 Å². The van der Waals surface area contributed by atoms with Gasteiger partial charge in [0.15, 0.2) is 0 Å². The topological polar surface area (TPSA) is 47.1 Å². The van der Waals surface area contributed by atoms with Crippen molar-refractivity contribution in [2.24, 2.45) is 5.73 Å². The Bertz CT molecular complexity index is 229. The first kappa shape index (κ1) is 9.22. The minimum absolute atomic E-state index is 0.514. The monoisotopic (exact) mass is 168 g/mol. The molecule has 0 fully saturated rings. The van der Waals surface area contributed by atoms with Crippen LogP contribution in [0.15, 0.2) is 12.4 Å². The summed E-state index contributed by atoms with van der Waals surface area (Å²) in [5.74, 6) is 0.955. The summed E-state index contributed by atoms with van der Waals surface area (Å²) in [4.78, 5) is 6.27. The van der Waals surface area contributed by atoms with Crippen LogP contribution in [0, 0.1) is 0 Å². The van der Waals surface area contributed by atoms with E-state index in [-0.39, 0.29) is 0 Å². The molecule has 0 saturated carbocycles.